The third-order valence-electron chi connectivity index (χ3n) is 4.99. The smallest absolute Gasteiger partial charge is 0.338 e. The molecule has 0 N–H and O–H groups in total. The molecule has 2 atom stereocenters. The topological polar surface area (TPSA) is 80.8 Å². The molecule has 1 saturated heterocycles. The molecule has 29 heavy (non-hydrogen) atoms. The first kappa shape index (κ1) is 21.2. The van der Waals surface area contributed by atoms with Gasteiger partial charge in [0.2, 0.25) is 10.0 Å². The lowest BCUT2D eigenvalue weighted by Crippen LogP contribution is -2.42. The molecule has 1 heterocycles. The highest BCUT2D eigenvalue weighted by Crippen LogP contribution is 2.26. The molecule has 2 unspecified atom stereocenters. The summed E-state index contributed by atoms with van der Waals surface area (Å²) in [4.78, 5) is 24.4. The second kappa shape index (κ2) is 8.88. The van der Waals surface area contributed by atoms with E-state index in [0.29, 0.717) is 30.5 Å². The Morgan fingerprint density at radius 2 is 1.52 bits per heavy atom. The number of Topliss-reactive ketones (excluding diaryl/α,β-unsaturated/α-hetero) is 1. The van der Waals surface area contributed by atoms with Crippen LogP contribution in [0, 0.1) is 11.8 Å². The lowest BCUT2D eigenvalue weighted by molar-refractivity contribution is 0.0474. The molecule has 2 aromatic carbocycles. The van der Waals surface area contributed by atoms with Gasteiger partial charge in [0.1, 0.15) is 0 Å². The number of rotatable bonds is 6. The van der Waals surface area contributed by atoms with Crippen molar-refractivity contribution in [1.29, 1.82) is 0 Å². The number of nitrogens with zero attached hydrogens (tertiary/aromatic N) is 1. The van der Waals surface area contributed by atoms with Gasteiger partial charge in [0.05, 0.1) is 10.5 Å². The van der Waals surface area contributed by atoms with Crippen LogP contribution in [0.1, 0.15) is 41.0 Å². The Morgan fingerprint density at radius 3 is 2.10 bits per heavy atom. The van der Waals surface area contributed by atoms with E-state index in [4.69, 9.17) is 4.74 Å². The van der Waals surface area contributed by atoms with Crippen molar-refractivity contribution in [1.82, 2.24) is 4.31 Å². The van der Waals surface area contributed by atoms with E-state index in [1.165, 1.54) is 28.6 Å². The quantitative estimate of drug-likeness (QED) is 0.534. The first-order valence-electron chi connectivity index (χ1n) is 9.63. The Kier molecular flexibility index (Phi) is 6.49. The van der Waals surface area contributed by atoms with Gasteiger partial charge in [-0.15, -0.1) is 0 Å². The molecule has 0 radical (unpaired) electrons. The molecule has 154 valence electrons. The number of sulfonamides is 1. The number of ether oxygens (including phenoxy) is 1. The molecule has 1 aliphatic rings. The molecule has 0 amide bonds. The van der Waals surface area contributed by atoms with Crippen LogP contribution in [0.25, 0.3) is 0 Å². The van der Waals surface area contributed by atoms with Crippen molar-refractivity contribution in [3.05, 3.63) is 65.7 Å². The van der Waals surface area contributed by atoms with Gasteiger partial charge in [0.25, 0.3) is 0 Å². The van der Waals surface area contributed by atoms with E-state index < -0.39 is 16.0 Å². The summed E-state index contributed by atoms with van der Waals surface area (Å²) < 4.78 is 32.4. The normalized spacial score (nSPS) is 20.2. The standard InChI is InChI=1S/C22H25NO5S/c1-16-12-17(2)14-23(13-16)29(26,27)20-10-8-19(9-11-20)22(25)28-15-21(24)18-6-4-3-5-7-18/h3-11,16-17H,12-15H2,1-2H3. The number of carbonyl (C=O) groups excluding carboxylic acids is 2. The Balaban J connectivity index is 1.64. The SMILES string of the molecule is CC1CC(C)CN(S(=O)(=O)c2ccc(C(=O)OCC(=O)c3ccccc3)cc2)C1. The van der Waals surface area contributed by atoms with E-state index in [1.54, 1.807) is 30.3 Å². The molecule has 1 aliphatic heterocycles. The van der Waals surface area contributed by atoms with E-state index in [1.807, 2.05) is 13.8 Å². The monoisotopic (exact) mass is 415 g/mol. The predicted molar refractivity (Wildman–Crippen MR) is 109 cm³/mol. The Bertz CT molecular complexity index is 960. The van der Waals surface area contributed by atoms with Gasteiger partial charge >= 0.3 is 5.97 Å². The molecule has 1 fully saturated rings. The van der Waals surface area contributed by atoms with Crippen molar-refractivity contribution >= 4 is 21.8 Å². The van der Waals surface area contributed by atoms with E-state index in [-0.39, 0.29) is 22.8 Å². The lowest BCUT2D eigenvalue weighted by atomic mass is 9.94. The van der Waals surface area contributed by atoms with Gasteiger partial charge in [-0.3, -0.25) is 4.79 Å². The van der Waals surface area contributed by atoms with E-state index in [0.717, 1.165) is 6.42 Å². The van der Waals surface area contributed by atoms with Crippen molar-refractivity contribution in [3.63, 3.8) is 0 Å². The molecule has 0 aliphatic carbocycles. The number of carbonyl (C=O) groups is 2. The van der Waals surface area contributed by atoms with E-state index >= 15 is 0 Å². The molecule has 0 aromatic heterocycles. The van der Waals surface area contributed by atoms with Gasteiger partial charge in [-0.05, 0) is 42.5 Å². The van der Waals surface area contributed by atoms with Crippen LogP contribution in [0.3, 0.4) is 0 Å². The van der Waals surface area contributed by atoms with E-state index in [9.17, 15) is 18.0 Å². The van der Waals surface area contributed by atoms with Crippen molar-refractivity contribution in [2.24, 2.45) is 11.8 Å². The highest BCUT2D eigenvalue weighted by atomic mass is 32.2. The Morgan fingerprint density at radius 1 is 0.931 bits per heavy atom. The van der Waals surface area contributed by atoms with Crippen LogP contribution in [-0.4, -0.2) is 44.2 Å². The summed E-state index contributed by atoms with van der Waals surface area (Å²) in [6.45, 7) is 4.73. The van der Waals surface area contributed by atoms with Gasteiger partial charge < -0.3 is 4.74 Å². The largest absolute Gasteiger partial charge is 0.454 e. The molecule has 6 nitrogen and oxygen atoms in total. The van der Waals surface area contributed by atoms with Gasteiger partial charge in [-0.1, -0.05) is 44.2 Å². The maximum absolute atomic E-state index is 12.9. The fraction of sp³-hybridized carbons (Fsp3) is 0.364. The summed E-state index contributed by atoms with van der Waals surface area (Å²) in [6.07, 6.45) is 1.01. The molecule has 0 saturated carbocycles. The zero-order valence-corrected chi connectivity index (χ0v) is 17.4. The predicted octanol–water partition coefficient (Wildman–Crippen LogP) is 3.39. The minimum atomic E-state index is -3.60. The Hall–Kier alpha value is -2.51. The number of hydrogen-bond acceptors (Lipinski definition) is 5. The van der Waals surface area contributed by atoms with Crippen LogP contribution in [0.4, 0.5) is 0 Å². The number of ketones is 1. The molecule has 0 bridgehead atoms. The van der Waals surface area contributed by atoms with Crippen LogP contribution in [-0.2, 0) is 14.8 Å². The van der Waals surface area contributed by atoms with Crippen LogP contribution in [0.5, 0.6) is 0 Å². The van der Waals surface area contributed by atoms with Gasteiger partial charge in [0, 0.05) is 18.7 Å². The first-order valence-corrected chi connectivity index (χ1v) is 11.1. The fourth-order valence-corrected chi connectivity index (χ4v) is 5.32. The van der Waals surface area contributed by atoms with E-state index in [2.05, 4.69) is 0 Å². The third kappa shape index (κ3) is 5.10. The molecule has 2 aromatic rings. The lowest BCUT2D eigenvalue weighted by Gasteiger charge is -2.34. The van der Waals surface area contributed by atoms with Crippen molar-refractivity contribution < 1.29 is 22.7 Å². The van der Waals surface area contributed by atoms with Crippen molar-refractivity contribution in [2.45, 2.75) is 25.2 Å². The maximum atomic E-state index is 12.9. The second-order valence-electron chi connectivity index (χ2n) is 7.66. The molecule has 7 heteroatoms. The zero-order chi connectivity index (χ0) is 21.0. The molecule has 0 spiro atoms. The minimum absolute atomic E-state index is 0.149. The number of benzene rings is 2. The van der Waals surface area contributed by atoms with Crippen LogP contribution in [0.2, 0.25) is 0 Å². The summed E-state index contributed by atoms with van der Waals surface area (Å²) in [6, 6.07) is 14.2. The summed E-state index contributed by atoms with van der Waals surface area (Å²) in [5.41, 5.74) is 0.664. The number of piperidine rings is 1. The summed E-state index contributed by atoms with van der Waals surface area (Å²) in [5, 5.41) is 0. The van der Waals surface area contributed by atoms with Gasteiger partial charge in [-0.2, -0.15) is 4.31 Å². The van der Waals surface area contributed by atoms with Crippen molar-refractivity contribution in [3.8, 4) is 0 Å². The maximum Gasteiger partial charge on any atom is 0.338 e. The summed E-state index contributed by atoms with van der Waals surface area (Å²) in [7, 11) is -3.60. The average molecular weight is 416 g/mol. The zero-order valence-electron chi connectivity index (χ0n) is 16.6. The van der Waals surface area contributed by atoms with Crippen LogP contribution < -0.4 is 0 Å². The number of hydrogen-bond donors (Lipinski definition) is 0. The molecular weight excluding hydrogens is 390 g/mol. The highest BCUT2D eigenvalue weighted by molar-refractivity contribution is 7.89. The first-order chi connectivity index (χ1) is 13.8. The summed E-state index contributed by atoms with van der Waals surface area (Å²) in [5.74, 6) is -0.347. The minimum Gasteiger partial charge on any atom is -0.454 e. The van der Waals surface area contributed by atoms with Crippen LogP contribution >= 0.6 is 0 Å². The summed E-state index contributed by atoms with van der Waals surface area (Å²) >= 11 is 0. The highest BCUT2D eigenvalue weighted by Gasteiger charge is 2.31. The van der Waals surface area contributed by atoms with Crippen LogP contribution in [0.15, 0.2) is 59.5 Å². The fourth-order valence-electron chi connectivity index (χ4n) is 3.64. The molecular formula is C22H25NO5S. The average Bonchev–Trinajstić information content (AvgIpc) is 2.71. The third-order valence-corrected chi connectivity index (χ3v) is 6.84. The van der Waals surface area contributed by atoms with Gasteiger partial charge in [0.15, 0.2) is 12.4 Å². The Labute approximate surface area is 171 Å². The van der Waals surface area contributed by atoms with Gasteiger partial charge in [-0.25, -0.2) is 13.2 Å². The molecule has 3 rings (SSSR count). The second-order valence-corrected chi connectivity index (χ2v) is 9.60. The van der Waals surface area contributed by atoms with Crippen molar-refractivity contribution in [2.75, 3.05) is 19.7 Å². The number of esters is 1.